The van der Waals surface area contributed by atoms with E-state index in [1.54, 1.807) is 0 Å². The molecular formula is C15H17N3. The average molecular weight is 239 g/mol. The maximum Gasteiger partial charge on any atom is 0.0945 e. The highest BCUT2D eigenvalue weighted by molar-refractivity contribution is 5.83. The summed E-state index contributed by atoms with van der Waals surface area (Å²) in [6, 6.07) is 8.59. The van der Waals surface area contributed by atoms with E-state index in [1.165, 1.54) is 16.5 Å². The largest absolute Gasteiger partial charge is 0.347 e. The Kier molecular flexibility index (Phi) is 2.89. The molecule has 18 heavy (non-hydrogen) atoms. The Morgan fingerprint density at radius 2 is 2.06 bits per heavy atom. The van der Waals surface area contributed by atoms with Crippen molar-refractivity contribution in [3.8, 4) is 0 Å². The second-order valence-electron chi connectivity index (χ2n) is 4.68. The predicted octanol–water partition coefficient (Wildman–Crippen LogP) is 3.24. The van der Waals surface area contributed by atoms with Crippen molar-refractivity contribution in [2.45, 2.75) is 26.4 Å². The molecule has 2 heterocycles. The SMILES string of the molecule is Cc1cn(CCCn2ccnc2)c2ccccc12. The third kappa shape index (κ3) is 2.04. The van der Waals surface area contributed by atoms with Crippen molar-refractivity contribution >= 4 is 10.9 Å². The van der Waals surface area contributed by atoms with E-state index in [1.807, 2.05) is 18.7 Å². The van der Waals surface area contributed by atoms with Gasteiger partial charge in [0.1, 0.15) is 0 Å². The van der Waals surface area contributed by atoms with Crippen molar-refractivity contribution in [3.63, 3.8) is 0 Å². The Balaban J connectivity index is 1.75. The van der Waals surface area contributed by atoms with Crippen LogP contribution in [0.15, 0.2) is 49.2 Å². The molecule has 0 aliphatic rings. The van der Waals surface area contributed by atoms with Crippen LogP contribution in [-0.4, -0.2) is 14.1 Å². The minimum Gasteiger partial charge on any atom is -0.347 e. The Labute approximate surface area is 107 Å². The number of nitrogens with zero attached hydrogens (tertiary/aromatic N) is 3. The van der Waals surface area contributed by atoms with Crippen molar-refractivity contribution in [1.29, 1.82) is 0 Å². The van der Waals surface area contributed by atoms with Gasteiger partial charge in [-0.2, -0.15) is 0 Å². The Morgan fingerprint density at radius 1 is 1.17 bits per heavy atom. The lowest BCUT2D eigenvalue weighted by atomic mass is 10.2. The molecule has 0 radical (unpaired) electrons. The molecule has 0 fully saturated rings. The van der Waals surface area contributed by atoms with Crippen LogP contribution in [0.1, 0.15) is 12.0 Å². The molecule has 0 aliphatic heterocycles. The zero-order chi connectivity index (χ0) is 12.4. The van der Waals surface area contributed by atoms with Crippen LogP contribution >= 0.6 is 0 Å². The molecule has 0 unspecified atom stereocenters. The quantitative estimate of drug-likeness (QED) is 0.685. The molecule has 2 aromatic heterocycles. The molecule has 0 aliphatic carbocycles. The third-order valence-electron chi connectivity index (χ3n) is 3.36. The first kappa shape index (κ1) is 11.1. The number of aromatic nitrogens is 3. The van der Waals surface area contributed by atoms with Gasteiger partial charge in [-0.05, 0) is 25.0 Å². The van der Waals surface area contributed by atoms with Crippen LogP contribution in [0, 0.1) is 6.92 Å². The second-order valence-corrected chi connectivity index (χ2v) is 4.68. The minimum atomic E-state index is 1.02. The van der Waals surface area contributed by atoms with Gasteiger partial charge in [0.25, 0.3) is 0 Å². The maximum atomic E-state index is 4.06. The van der Waals surface area contributed by atoms with E-state index in [0.29, 0.717) is 0 Å². The van der Waals surface area contributed by atoms with E-state index >= 15 is 0 Å². The lowest BCUT2D eigenvalue weighted by molar-refractivity contribution is 0.573. The van der Waals surface area contributed by atoms with Gasteiger partial charge in [0.15, 0.2) is 0 Å². The van der Waals surface area contributed by atoms with Crippen LogP contribution in [0.2, 0.25) is 0 Å². The summed E-state index contributed by atoms with van der Waals surface area (Å²) in [5, 5.41) is 1.36. The van der Waals surface area contributed by atoms with Crippen LogP contribution in [-0.2, 0) is 13.1 Å². The fraction of sp³-hybridized carbons (Fsp3) is 0.267. The molecule has 0 spiro atoms. The van der Waals surface area contributed by atoms with Gasteiger partial charge in [0.2, 0.25) is 0 Å². The van der Waals surface area contributed by atoms with Crippen molar-refractivity contribution in [3.05, 3.63) is 54.7 Å². The molecule has 0 amide bonds. The number of fused-ring (bicyclic) bond motifs is 1. The molecule has 0 bridgehead atoms. The number of aryl methyl sites for hydroxylation is 3. The summed E-state index contributed by atoms with van der Waals surface area (Å²) in [4.78, 5) is 4.06. The van der Waals surface area contributed by atoms with Crippen molar-refractivity contribution in [2.24, 2.45) is 0 Å². The maximum absolute atomic E-state index is 4.06. The fourth-order valence-electron chi connectivity index (χ4n) is 2.46. The number of hydrogen-bond donors (Lipinski definition) is 0. The van der Waals surface area contributed by atoms with Gasteiger partial charge >= 0.3 is 0 Å². The summed E-state index contributed by atoms with van der Waals surface area (Å²) in [5.41, 5.74) is 2.69. The average Bonchev–Trinajstić information content (AvgIpc) is 3.00. The summed E-state index contributed by atoms with van der Waals surface area (Å²) < 4.78 is 4.47. The van der Waals surface area contributed by atoms with E-state index in [4.69, 9.17) is 0 Å². The lowest BCUT2D eigenvalue weighted by Gasteiger charge is -2.05. The van der Waals surface area contributed by atoms with Crippen LogP contribution in [0.25, 0.3) is 10.9 Å². The van der Waals surface area contributed by atoms with Crippen molar-refractivity contribution < 1.29 is 0 Å². The Bertz CT molecular complexity index is 635. The topological polar surface area (TPSA) is 22.8 Å². The van der Waals surface area contributed by atoms with Gasteiger partial charge in [-0.3, -0.25) is 0 Å². The van der Waals surface area contributed by atoms with Crippen LogP contribution in [0.3, 0.4) is 0 Å². The first-order chi connectivity index (χ1) is 8.84. The van der Waals surface area contributed by atoms with Gasteiger partial charge in [-0.15, -0.1) is 0 Å². The molecule has 3 nitrogen and oxygen atoms in total. The molecule has 0 saturated heterocycles. The number of hydrogen-bond acceptors (Lipinski definition) is 1. The standard InChI is InChI=1S/C15H17N3/c1-13-11-18(15-6-3-2-5-14(13)15)9-4-8-17-10-7-16-12-17/h2-3,5-7,10-12H,4,8-9H2,1H3. The molecule has 92 valence electrons. The molecule has 3 aromatic rings. The van der Waals surface area contributed by atoms with Crippen LogP contribution in [0.4, 0.5) is 0 Å². The van der Waals surface area contributed by atoms with Crippen molar-refractivity contribution in [1.82, 2.24) is 14.1 Å². The second kappa shape index (κ2) is 4.69. The van der Waals surface area contributed by atoms with Crippen LogP contribution in [0.5, 0.6) is 0 Å². The minimum absolute atomic E-state index is 1.02. The Hall–Kier alpha value is -2.03. The lowest BCUT2D eigenvalue weighted by Crippen LogP contribution is -2.01. The summed E-state index contributed by atoms with van der Waals surface area (Å²) in [5.74, 6) is 0. The molecule has 3 rings (SSSR count). The molecule has 0 atom stereocenters. The molecule has 1 aromatic carbocycles. The van der Waals surface area contributed by atoms with Gasteiger partial charge < -0.3 is 9.13 Å². The van der Waals surface area contributed by atoms with E-state index in [0.717, 1.165) is 19.5 Å². The first-order valence-corrected chi connectivity index (χ1v) is 6.35. The van der Waals surface area contributed by atoms with Crippen molar-refractivity contribution in [2.75, 3.05) is 0 Å². The highest BCUT2D eigenvalue weighted by Crippen LogP contribution is 2.20. The van der Waals surface area contributed by atoms with Gasteiger partial charge in [-0.25, -0.2) is 4.98 Å². The number of imidazole rings is 1. The highest BCUT2D eigenvalue weighted by Gasteiger charge is 2.03. The van der Waals surface area contributed by atoms with E-state index < -0.39 is 0 Å². The van der Waals surface area contributed by atoms with Gasteiger partial charge in [-0.1, -0.05) is 18.2 Å². The van der Waals surface area contributed by atoms with E-state index in [9.17, 15) is 0 Å². The molecule has 3 heteroatoms. The molecular weight excluding hydrogens is 222 g/mol. The highest BCUT2D eigenvalue weighted by atomic mass is 15.0. The van der Waals surface area contributed by atoms with E-state index in [2.05, 4.69) is 51.5 Å². The Morgan fingerprint density at radius 3 is 2.89 bits per heavy atom. The summed E-state index contributed by atoms with van der Waals surface area (Å²) in [7, 11) is 0. The molecule has 0 N–H and O–H groups in total. The molecule has 0 saturated carbocycles. The van der Waals surface area contributed by atoms with Crippen LogP contribution < -0.4 is 0 Å². The monoisotopic (exact) mass is 239 g/mol. The van der Waals surface area contributed by atoms with Gasteiger partial charge in [0.05, 0.1) is 6.33 Å². The predicted molar refractivity (Wildman–Crippen MR) is 73.5 cm³/mol. The summed E-state index contributed by atoms with van der Waals surface area (Å²) in [6.07, 6.45) is 9.08. The summed E-state index contributed by atoms with van der Waals surface area (Å²) in [6.45, 7) is 4.24. The first-order valence-electron chi connectivity index (χ1n) is 6.35. The zero-order valence-corrected chi connectivity index (χ0v) is 10.6. The summed E-state index contributed by atoms with van der Waals surface area (Å²) >= 11 is 0. The smallest absolute Gasteiger partial charge is 0.0945 e. The third-order valence-corrected chi connectivity index (χ3v) is 3.36. The zero-order valence-electron chi connectivity index (χ0n) is 10.6. The van der Waals surface area contributed by atoms with E-state index in [-0.39, 0.29) is 0 Å². The fourth-order valence-corrected chi connectivity index (χ4v) is 2.46. The number of benzene rings is 1. The number of para-hydroxylation sites is 1. The van der Waals surface area contributed by atoms with Gasteiger partial charge in [0, 0.05) is 42.6 Å². The normalized spacial score (nSPS) is 11.2. The number of rotatable bonds is 4.